The Morgan fingerprint density at radius 2 is 1.71 bits per heavy atom. The highest BCUT2D eigenvalue weighted by Gasteiger charge is 2.27. The van der Waals surface area contributed by atoms with Crippen molar-refractivity contribution < 1.29 is 18.0 Å². The van der Waals surface area contributed by atoms with E-state index in [4.69, 9.17) is 0 Å². The Hall–Kier alpha value is -2.45. The van der Waals surface area contributed by atoms with Crippen molar-refractivity contribution in [3.8, 4) is 0 Å². The molecule has 8 heteroatoms. The molecule has 0 N–H and O–H groups in total. The average molecular weight is 407 g/mol. The number of halogens is 3. The van der Waals surface area contributed by atoms with Crippen molar-refractivity contribution in [3.05, 3.63) is 59.4 Å². The van der Waals surface area contributed by atoms with E-state index in [1.54, 1.807) is 0 Å². The quantitative estimate of drug-likeness (QED) is 0.570. The molecule has 28 heavy (non-hydrogen) atoms. The minimum Gasteiger partial charge on any atom is -0.302 e. The van der Waals surface area contributed by atoms with E-state index >= 15 is 0 Å². The molecule has 0 saturated carbocycles. The van der Waals surface area contributed by atoms with Crippen molar-refractivity contribution in [2.75, 3.05) is 31.1 Å². The Morgan fingerprint density at radius 3 is 2.36 bits per heavy atom. The van der Waals surface area contributed by atoms with Crippen LogP contribution < -0.4 is 4.90 Å². The fourth-order valence-corrected chi connectivity index (χ4v) is 3.92. The lowest BCUT2D eigenvalue weighted by Gasteiger charge is -2.25. The molecule has 0 aliphatic heterocycles. The number of hydrogen-bond acceptors (Lipinski definition) is 4. The van der Waals surface area contributed by atoms with Gasteiger partial charge >= 0.3 is 0 Å². The molecule has 0 radical (unpaired) electrons. The van der Waals surface area contributed by atoms with Crippen molar-refractivity contribution in [2.24, 2.45) is 0 Å². The molecule has 3 aromatic rings. The van der Waals surface area contributed by atoms with Crippen molar-refractivity contribution in [1.82, 2.24) is 9.88 Å². The van der Waals surface area contributed by atoms with Crippen LogP contribution in [0.2, 0.25) is 0 Å². The molecule has 0 unspecified atom stereocenters. The molecule has 2 aromatic carbocycles. The van der Waals surface area contributed by atoms with Crippen LogP contribution in [0.3, 0.4) is 0 Å². The first-order valence-electron chi connectivity index (χ1n) is 8.98. The van der Waals surface area contributed by atoms with E-state index in [1.165, 1.54) is 29.2 Å². The van der Waals surface area contributed by atoms with Crippen molar-refractivity contribution in [3.63, 3.8) is 0 Å². The van der Waals surface area contributed by atoms with Crippen LogP contribution in [0, 0.1) is 17.5 Å². The number of hydrogen-bond donors (Lipinski definition) is 0. The standard InChI is InChI=1S/C20H20F3N3OS/c1-3-25(4-2)10-11-26(19(27)18-14(22)6-5-7-15(18)23)20-24-16-9-8-13(21)12-17(16)28-20/h5-9,12H,3-4,10-11H2,1-2H3. The fraction of sp³-hybridized carbons (Fsp3) is 0.300. The molecule has 0 aliphatic carbocycles. The summed E-state index contributed by atoms with van der Waals surface area (Å²) >= 11 is 1.11. The minimum atomic E-state index is -0.926. The van der Waals surface area contributed by atoms with Gasteiger partial charge in [-0.1, -0.05) is 31.3 Å². The maximum atomic E-state index is 14.2. The van der Waals surface area contributed by atoms with Crippen molar-refractivity contribution >= 4 is 32.6 Å². The lowest BCUT2D eigenvalue weighted by atomic mass is 10.1. The van der Waals surface area contributed by atoms with E-state index in [0.717, 1.165) is 36.6 Å². The summed E-state index contributed by atoms with van der Waals surface area (Å²) in [6.45, 7) is 6.25. The highest BCUT2D eigenvalue weighted by molar-refractivity contribution is 7.22. The van der Waals surface area contributed by atoms with Gasteiger partial charge in [-0.25, -0.2) is 18.2 Å². The van der Waals surface area contributed by atoms with Gasteiger partial charge in [-0.15, -0.1) is 0 Å². The molecule has 0 fully saturated rings. The zero-order valence-electron chi connectivity index (χ0n) is 15.6. The highest BCUT2D eigenvalue weighted by atomic mass is 32.1. The third-order valence-corrected chi connectivity index (χ3v) is 5.57. The van der Waals surface area contributed by atoms with E-state index in [0.29, 0.717) is 16.8 Å². The average Bonchev–Trinajstić information content (AvgIpc) is 3.07. The number of rotatable bonds is 7. The van der Waals surface area contributed by atoms with Crippen molar-refractivity contribution in [1.29, 1.82) is 0 Å². The molecular weight excluding hydrogens is 387 g/mol. The second-order valence-electron chi connectivity index (χ2n) is 6.19. The van der Waals surface area contributed by atoms with E-state index in [-0.39, 0.29) is 11.7 Å². The van der Waals surface area contributed by atoms with Gasteiger partial charge in [-0.2, -0.15) is 0 Å². The number of amides is 1. The molecule has 1 aromatic heterocycles. The molecule has 0 saturated heterocycles. The third-order valence-electron chi connectivity index (χ3n) is 4.53. The molecule has 0 spiro atoms. The summed E-state index contributed by atoms with van der Waals surface area (Å²) in [6, 6.07) is 7.43. The van der Waals surface area contributed by atoms with Gasteiger partial charge in [-0.05, 0) is 43.4 Å². The molecule has 0 atom stereocenters. The van der Waals surface area contributed by atoms with Crippen LogP contribution in [0.5, 0.6) is 0 Å². The zero-order valence-corrected chi connectivity index (χ0v) is 16.4. The van der Waals surface area contributed by atoms with Gasteiger partial charge in [0.25, 0.3) is 5.91 Å². The second kappa shape index (κ2) is 8.70. The van der Waals surface area contributed by atoms with Crippen LogP contribution in [0.1, 0.15) is 24.2 Å². The number of thiazole rings is 1. The number of carbonyl (C=O) groups is 1. The Labute approximate surface area is 165 Å². The first-order chi connectivity index (χ1) is 13.4. The van der Waals surface area contributed by atoms with Gasteiger partial charge in [0, 0.05) is 13.1 Å². The SMILES string of the molecule is CCN(CC)CCN(C(=O)c1c(F)cccc1F)c1nc2ccc(F)cc2s1. The summed E-state index contributed by atoms with van der Waals surface area (Å²) in [4.78, 5) is 20.8. The lowest BCUT2D eigenvalue weighted by Crippen LogP contribution is -2.39. The molecular formula is C20H20F3N3OS. The Morgan fingerprint density at radius 1 is 1.04 bits per heavy atom. The van der Waals surface area contributed by atoms with Crippen LogP contribution in [0.25, 0.3) is 10.2 Å². The van der Waals surface area contributed by atoms with E-state index < -0.39 is 28.9 Å². The highest BCUT2D eigenvalue weighted by Crippen LogP contribution is 2.31. The van der Waals surface area contributed by atoms with Gasteiger partial charge < -0.3 is 4.90 Å². The summed E-state index contributed by atoms with van der Waals surface area (Å²) in [5.74, 6) is -3.07. The number of aromatic nitrogens is 1. The number of benzene rings is 2. The van der Waals surface area contributed by atoms with Gasteiger partial charge in [-0.3, -0.25) is 9.69 Å². The normalized spacial score (nSPS) is 11.4. The second-order valence-corrected chi connectivity index (χ2v) is 7.20. The maximum absolute atomic E-state index is 14.2. The topological polar surface area (TPSA) is 36.4 Å². The fourth-order valence-electron chi connectivity index (χ4n) is 2.90. The van der Waals surface area contributed by atoms with Gasteiger partial charge in [0.15, 0.2) is 5.13 Å². The van der Waals surface area contributed by atoms with Gasteiger partial charge in [0.1, 0.15) is 23.0 Å². The first-order valence-corrected chi connectivity index (χ1v) is 9.80. The molecule has 4 nitrogen and oxygen atoms in total. The van der Waals surface area contributed by atoms with Crippen LogP contribution in [0.15, 0.2) is 36.4 Å². The molecule has 3 rings (SSSR count). The van der Waals surface area contributed by atoms with Crippen molar-refractivity contribution in [2.45, 2.75) is 13.8 Å². The number of nitrogens with zero attached hydrogens (tertiary/aromatic N) is 3. The number of fused-ring (bicyclic) bond motifs is 1. The maximum Gasteiger partial charge on any atom is 0.266 e. The van der Waals surface area contributed by atoms with Crippen LogP contribution in [-0.2, 0) is 0 Å². The minimum absolute atomic E-state index is 0.205. The summed E-state index contributed by atoms with van der Waals surface area (Å²) in [5.41, 5.74) is -0.0940. The number of carbonyl (C=O) groups excluding carboxylic acids is 1. The smallest absolute Gasteiger partial charge is 0.266 e. The summed E-state index contributed by atoms with van der Waals surface area (Å²) in [5, 5.41) is 0.278. The van der Waals surface area contributed by atoms with Gasteiger partial charge in [0.2, 0.25) is 0 Å². The Balaban J connectivity index is 2.01. The molecule has 0 bridgehead atoms. The predicted octanol–water partition coefficient (Wildman–Crippen LogP) is 4.70. The Bertz CT molecular complexity index is 968. The van der Waals surface area contributed by atoms with E-state index in [2.05, 4.69) is 9.88 Å². The summed E-state index contributed by atoms with van der Waals surface area (Å²) < 4.78 is 42.5. The zero-order chi connectivity index (χ0) is 20.3. The number of likely N-dealkylation sites (N-methyl/N-ethyl adjacent to an activating group) is 1. The largest absolute Gasteiger partial charge is 0.302 e. The third kappa shape index (κ3) is 4.18. The Kier molecular flexibility index (Phi) is 6.31. The van der Waals surface area contributed by atoms with E-state index in [1.807, 2.05) is 13.8 Å². The first kappa shape index (κ1) is 20.3. The van der Waals surface area contributed by atoms with Crippen LogP contribution in [0.4, 0.5) is 18.3 Å². The summed E-state index contributed by atoms with van der Waals surface area (Å²) in [7, 11) is 0. The molecule has 1 heterocycles. The van der Waals surface area contributed by atoms with Crippen LogP contribution in [-0.4, -0.2) is 42.0 Å². The van der Waals surface area contributed by atoms with E-state index in [9.17, 15) is 18.0 Å². The van der Waals surface area contributed by atoms with Gasteiger partial charge in [0.05, 0.1) is 10.2 Å². The molecule has 148 valence electrons. The lowest BCUT2D eigenvalue weighted by molar-refractivity contribution is 0.0975. The molecule has 1 amide bonds. The predicted molar refractivity (Wildman–Crippen MR) is 105 cm³/mol. The monoisotopic (exact) mass is 407 g/mol. The van der Waals surface area contributed by atoms with Crippen LogP contribution >= 0.6 is 11.3 Å². The number of anilines is 1. The summed E-state index contributed by atoms with van der Waals surface area (Å²) in [6.07, 6.45) is 0. The molecule has 0 aliphatic rings.